The molecule has 0 amide bonds. The first-order valence-electron chi connectivity index (χ1n) is 8.48. The van der Waals surface area contributed by atoms with Crippen molar-refractivity contribution in [2.75, 3.05) is 0 Å². The molecule has 3 aromatic rings. The van der Waals surface area contributed by atoms with Gasteiger partial charge in [0.25, 0.3) is 0 Å². The molecule has 0 atom stereocenters. The fourth-order valence-corrected chi connectivity index (χ4v) is 3.25. The molecule has 1 aliphatic rings. The fraction of sp³-hybridized carbons (Fsp3) is 0.389. The van der Waals surface area contributed by atoms with Crippen LogP contribution in [0.15, 0.2) is 41.5 Å². The Labute approximate surface area is 140 Å². The highest BCUT2D eigenvalue weighted by Crippen LogP contribution is 2.15. The van der Waals surface area contributed by atoms with Gasteiger partial charge in [-0.15, -0.1) is 10.2 Å². The van der Waals surface area contributed by atoms with Gasteiger partial charge < -0.3 is 4.57 Å². The van der Waals surface area contributed by atoms with Crippen LogP contribution in [0.5, 0.6) is 0 Å². The number of aryl methyl sites for hydroxylation is 2. The highest BCUT2D eigenvalue weighted by atomic mass is 16.1. The van der Waals surface area contributed by atoms with Crippen molar-refractivity contribution < 1.29 is 0 Å². The van der Waals surface area contributed by atoms with Gasteiger partial charge in [-0.1, -0.05) is 24.1 Å². The van der Waals surface area contributed by atoms with Crippen molar-refractivity contribution in [3.8, 4) is 5.69 Å². The highest BCUT2D eigenvalue weighted by molar-refractivity contribution is 5.34. The number of rotatable bonds is 3. The van der Waals surface area contributed by atoms with E-state index >= 15 is 0 Å². The molecule has 24 heavy (non-hydrogen) atoms. The van der Waals surface area contributed by atoms with Gasteiger partial charge in [0, 0.05) is 25.4 Å². The minimum atomic E-state index is -0.0511. The molecule has 124 valence electrons. The van der Waals surface area contributed by atoms with Crippen molar-refractivity contribution in [2.24, 2.45) is 0 Å². The van der Waals surface area contributed by atoms with Crippen molar-refractivity contribution in [3.05, 3.63) is 64.4 Å². The second kappa shape index (κ2) is 6.11. The zero-order valence-corrected chi connectivity index (χ0v) is 13.9. The molecule has 0 N–H and O–H groups in total. The number of hydrogen-bond acceptors (Lipinski definition) is 3. The van der Waals surface area contributed by atoms with Crippen molar-refractivity contribution in [3.63, 3.8) is 0 Å². The molecule has 2 aromatic heterocycles. The SMILES string of the molecule is Cc1ccc(-n2ccn(Cc3nnc4n3CCCCC4)c2=O)cc1. The van der Waals surface area contributed by atoms with E-state index in [1.54, 1.807) is 9.13 Å². The Morgan fingerprint density at radius 2 is 1.88 bits per heavy atom. The first kappa shape index (κ1) is 14.9. The van der Waals surface area contributed by atoms with Crippen molar-refractivity contribution in [1.82, 2.24) is 23.9 Å². The standard InChI is InChI=1S/C18H21N5O/c1-14-6-8-15(9-7-14)22-12-11-21(18(22)24)13-17-20-19-16-5-3-2-4-10-23(16)17/h6-9,11-12H,2-5,10,13H2,1H3. The molecule has 1 aliphatic heterocycles. The molecule has 0 unspecified atom stereocenters. The van der Waals surface area contributed by atoms with Crippen LogP contribution in [-0.2, 0) is 19.5 Å². The van der Waals surface area contributed by atoms with Crippen LogP contribution in [0.25, 0.3) is 5.69 Å². The number of nitrogens with zero attached hydrogens (tertiary/aromatic N) is 5. The number of benzene rings is 1. The third-order valence-electron chi connectivity index (χ3n) is 4.66. The molecule has 6 nitrogen and oxygen atoms in total. The predicted molar refractivity (Wildman–Crippen MR) is 91.4 cm³/mol. The second-order valence-electron chi connectivity index (χ2n) is 6.41. The maximum Gasteiger partial charge on any atom is 0.333 e. The summed E-state index contributed by atoms with van der Waals surface area (Å²) in [4.78, 5) is 12.7. The summed E-state index contributed by atoms with van der Waals surface area (Å²) in [5, 5.41) is 8.62. The van der Waals surface area contributed by atoms with E-state index in [1.165, 1.54) is 18.4 Å². The Morgan fingerprint density at radius 3 is 2.71 bits per heavy atom. The van der Waals surface area contributed by atoms with E-state index in [9.17, 15) is 4.79 Å². The first-order valence-corrected chi connectivity index (χ1v) is 8.48. The smallest absolute Gasteiger partial charge is 0.313 e. The van der Waals surface area contributed by atoms with E-state index < -0.39 is 0 Å². The summed E-state index contributed by atoms with van der Waals surface area (Å²) < 4.78 is 5.55. The molecule has 3 heterocycles. The minimum absolute atomic E-state index is 0.0511. The van der Waals surface area contributed by atoms with Crippen LogP contribution < -0.4 is 5.69 Å². The van der Waals surface area contributed by atoms with Gasteiger partial charge in [-0.2, -0.15) is 0 Å². The molecule has 0 spiro atoms. The lowest BCUT2D eigenvalue weighted by Gasteiger charge is -2.07. The van der Waals surface area contributed by atoms with Crippen LogP contribution in [0.1, 0.15) is 36.5 Å². The summed E-state index contributed by atoms with van der Waals surface area (Å²) in [5.41, 5.74) is 2.01. The Bertz CT molecular complexity index is 900. The third-order valence-corrected chi connectivity index (χ3v) is 4.66. The van der Waals surface area contributed by atoms with Gasteiger partial charge in [0.1, 0.15) is 5.82 Å². The highest BCUT2D eigenvalue weighted by Gasteiger charge is 2.16. The zero-order valence-electron chi connectivity index (χ0n) is 13.9. The monoisotopic (exact) mass is 323 g/mol. The lowest BCUT2D eigenvalue weighted by atomic mass is 10.2. The Morgan fingerprint density at radius 1 is 1.04 bits per heavy atom. The topological polar surface area (TPSA) is 57.6 Å². The van der Waals surface area contributed by atoms with Gasteiger partial charge in [-0.3, -0.25) is 9.13 Å². The van der Waals surface area contributed by atoms with Crippen LogP contribution in [0.3, 0.4) is 0 Å². The quantitative estimate of drug-likeness (QED) is 0.743. The Kier molecular flexibility index (Phi) is 3.80. The molecule has 0 saturated carbocycles. The van der Waals surface area contributed by atoms with E-state index in [1.807, 2.05) is 43.6 Å². The molecule has 0 saturated heterocycles. The summed E-state index contributed by atoms with van der Waals surface area (Å²) in [6.07, 6.45) is 8.16. The van der Waals surface area contributed by atoms with Gasteiger partial charge in [0.05, 0.1) is 12.2 Å². The van der Waals surface area contributed by atoms with Crippen LogP contribution in [0.4, 0.5) is 0 Å². The van der Waals surface area contributed by atoms with Gasteiger partial charge in [-0.05, 0) is 31.9 Å². The lowest BCUT2D eigenvalue weighted by Crippen LogP contribution is -2.24. The molecule has 1 aromatic carbocycles. The molecule has 0 fully saturated rings. The second-order valence-corrected chi connectivity index (χ2v) is 6.41. The third kappa shape index (κ3) is 2.68. The fourth-order valence-electron chi connectivity index (χ4n) is 3.25. The van der Waals surface area contributed by atoms with E-state index in [-0.39, 0.29) is 5.69 Å². The van der Waals surface area contributed by atoms with E-state index in [4.69, 9.17) is 0 Å². The number of imidazole rings is 1. The Balaban J connectivity index is 1.64. The number of fused-ring (bicyclic) bond motifs is 1. The van der Waals surface area contributed by atoms with E-state index in [0.717, 1.165) is 36.7 Å². The van der Waals surface area contributed by atoms with E-state index in [0.29, 0.717) is 6.54 Å². The van der Waals surface area contributed by atoms with Crippen LogP contribution >= 0.6 is 0 Å². The molecular weight excluding hydrogens is 302 g/mol. The molecule has 0 bridgehead atoms. The van der Waals surface area contributed by atoms with Gasteiger partial charge >= 0.3 is 5.69 Å². The van der Waals surface area contributed by atoms with Gasteiger partial charge in [-0.25, -0.2) is 4.79 Å². The van der Waals surface area contributed by atoms with Gasteiger partial charge in [0.2, 0.25) is 0 Å². The largest absolute Gasteiger partial charge is 0.333 e. The molecular formula is C18H21N5O. The normalized spacial score (nSPS) is 14.4. The summed E-state index contributed by atoms with van der Waals surface area (Å²) in [7, 11) is 0. The van der Waals surface area contributed by atoms with Gasteiger partial charge in [0.15, 0.2) is 5.82 Å². The Hall–Kier alpha value is -2.63. The lowest BCUT2D eigenvalue weighted by molar-refractivity contribution is 0.582. The maximum absolute atomic E-state index is 12.7. The average molecular weight is 323 g/mol. The number of hydrogen-bond donors (Lipinski definition) is 0. The summed E-state index contributed by atoms with van der Waals surface area (Å²) in [6.45, 7) is 3.45. The van der Waals surface area contributed by atoms with Crippen molar-refractivity contribution in [2.45, 2.75) is 45.7 Å². The van der Waals surface area contributed by atoms with Crippen LogP contribution in [-0.4, -0.2) is 23.9 Å². The minimum Gasteiger partial charge on any atom is -0.313 e. The summed E-state index contributed by atoms with van der Waals surface area (Å²) in [6, 6.07) is 7.95. The van der Waals surface area contributed by atoms with E-state index in [2.05, 4.69) is 14.8 Å². The average Bonchev–Trinajstić information content (AvgIpc) is 3.04. The predicted octanol–water partition coefficient (Wildman–Crippen LogP) is 2.31. The van der Waals surface area contributed by atoms with Crippen LogP contribution in [0.2, 0.25) is 0 Å². The maximum atomic E-state index is 12.7. The molecule has 0 radical (unpaired) electrons. The van der Waals surface area contributed by atoms with Crippen molar-refractivity contribution in [1.29, 1.82) is 0 Å². The number of aromatic nitrogens is 5. The molecule has 6 heteroatoms. The van der Waals surface area contributed by atoms with Crippen LogP contribution in [0, 0.1) is 6.92 Å². The zero-order chi connectivity index (χ0) is 16.5. The summed E-state index contributed by atoms with van der Waals surface area (Å²) >= 11 is 0. The molecule has 0 aliphatic carbocycles. The first-order chi connectivity index (χ1) is 11.7. The summed E-state index contributed by atoms with van der Waals surface area (Å²) in [5.74, 6) is 1.92. The molecule has 4 rings (SSSR count). The van der Waals surface area contributed by atoms with Crippen molar-refractivity contribution >= 4 is 0 Å².